The Bertz CT molecular complexity index is 1510. The molecule has 3 atom stereocenters. The van der Waals surface area contributed by atoms with E-state index >= 15 is 0 Å². The van der Waals surface area contributed by atoms with Gasteiger partial charge < -0.3 is 20.1 Å². The van der Waals surface area contributed by atoms with Crippen LogP contribution in [0, 0.1) is 0 Å². The minimum absolute atomic E-state index is 0.0174. The number of rotatable bonds is 8. The molecule has 1 saturated heterocycles. The third kappa shape index (κ3) is 7.44. The summed E-state index contributed by atoms with van der Waals surface area (Å²) in [5.41, 5.74) is 9.73. The molecule has 1 aliphatic heterocycles. The van der Waals surface area contributed by atoms with Crippen LogP contribution < -0.4 is 5.73 Å². The molecule has 6 heteroatoms. The zero-order valence-electron chi connectivity index (χ0n) is 24.7. The number of Topliss-reactive ketones (excluding diaryl/α,β-unsaturated/α-hetero) is 1. The van der Waals surface area contributed by atoms with Gasteiger partial charge in [0.05, 0.1) is 25.3 Å². The highest BCUT2D eigenvalue weighted by Gasteiger charge is 2.35. The van der Waals surface area contributed by atoms with E-state index in [0.29, 0.717) is 26.1 Å². The highest BCUT2D eigenvalue weighted by molar-refractivity contribution is 5.87. The first kappa shape index (κ1) is 29.5. The number of nitrogens with two attached hydrogens (primary N) is 1. The lowest BCUT2D eigenvalue weighted by Gasteiger charge is -2.39. The second-order valence-corrected chi connectivity index (χ2v) is 12.1. The maximum atomic E-state index is 12.9. The number of hydrogen-bond acceptors (Lipinski definition) is 5. The molecule has 5 rings (SSSR count). The van der Waals surface area contributed by atoms with E-state index in [1.54, 1.807) is 4.90 Å². The van der Waals surface area contributed by atoms with Crippen LogP contribution in [0.5, 0.6) is 0 Å². The SMILES string of the molecule is CC(C)(C)OC(=O)N1CCC(c2ccc(C(N)C(=O)Cc3ccccc3)cc2)C(OCc2ccc3ccccc3c2)C1. The van der Waals surface area contributed by atoms with Crippen molar-refractivity contribution in [1.82, 2.24) is 4.90 Å². The molecule has 0 aromatic heterocycles. The topological polar surface area (TPSA) is 81.9 Å². The van der Waals surface area contributed by atoms with Gasteiger partial charge in [0.25, 0.3) is 0 Å². The van der Waals surface area contributed by atoms with Crippen LogP contribution in [0.25, 0.3) is 10.8 Å². The first-order chi connectivity index (χ1) is 20.2. The molecule has 0 saturated carbocycles. The van der Waals surface area contributed by atoms with Gasteiger partial charge in [-0.25, -0.2) is 4.79 Å². The molecule has 0 bridgehead atoms. The van der Waals surface area contributed by atoms with Crippen LogP contribution in [0.2, 0.25) is 0 Å². The third-order valence-electron chi connectivity index (χ3n) is 7.78. The van der Waals surface area contributed by atoms with Crippen molar-refractivity contribution in [1.29, 1.82) is 0 Å². The Morgan fingerprint density at radius 1 is 0.881 bits per heavy atom. The summed E-state index contributed by atoms with van der Waals surface area (Å²) in [7, 11) is 0. The number of nitrogens with zero attached hydrogens (tertiary/aromatic N) is 1. The molecule has 4 aromatic carbocycles. The van der Waals surface area contributed by atoms with E-state index in [2.05, 4.69) is 30.3 Å². The quantitative estimate of drug-likeness (QED) is 0.250. The molecule has 1 heterocycles. The molecular weight excluding hydrogens is 524 g/mol. The van der Waals surface area contributed by atoms with Crippen LogP contribution >= 0.6 is 0 Å². The van der Waals surface area contributed by atoms with Gasteiger partial charge >= 0.3 is 6.09 Å². The van der Waals surface area contributed by atoms with Crippen molar-refractivity contribution < 1.29 is 19.1 Å². The van der Waals surface area contributed by atoms with Crippen molar-refractivity contribution in [2.75, 3.05) is 13.1 Å². The first-order valence-electron chi connectivity index (χ1n) is 14.7. The fourth-order valence-corrected chi connectivity index (χ4v) is 5.53. The van der Waals surface area contributed by atoms with E-state index in [1.807, 2.05) is 87.5 Å². The lowest BCUT2D eigenvalue weighted by atomic mass is 9.86. The van der Waals surface area contributed by atoms with Gasteiger partial charge in [0.2, 0.25) is 0 Å². The zero-order chi connectivity index (χ0) is 29.7. The highest BCUT2D eigenvalue weighted by atomic mass is 16.6. The van der Waals surface area contributed by atoms with Crippen LogP contribution in [0.4, 0.5) is 4.79 Å². The van der Waals surface area contributed by atoms with Gasteiger partial charge in [-0.2, -0.15) is 0 Å². The number of ether oxygens (including phenoxy) is 2. The number of amides is 1. The largest absolute Gasteiger partial charge is 0.444 e. The zero-order valence-corrected chi connectivity index (χ0v) is 24.7. The van der Waals surface area contributed by atoms with E-state index in [-0.39, 0.29) is 23.9 Å². The minimum atomic E-state index is -0.687. The molecule has 0 radical (unpaired) electrons. The van der Waals surface area contributed by atoms with Gasteiger partial charge in [-0.15, -0.1) is 0 Å². The van der Waals surface area contributed by atoms with Crippen LogP contribution in [0.15, 0.2) is 97.1 Å². The molecule has 1 amide bonds. The lowest BCUT2D eigenvalue weighted by Crippen LogP contribution is -2.48. The van der Waals surface area contributed by atoms with Crippen LogP contribution in [-0.4, -0.2) is 41.6 Å². The normalized spacial score (nSPS) is 18.0. The number of likely N-dealkylation sites (tertiary alicyclic amines) is 1. The van der Waals surface area contributed by atoms with Crippen molar-refractivity contribution in [2.45, 2.75) is 63.9 Å². The van der Waals surface area contributed by atoms with E-state index in [9.17, 15) is 9.59 Å². The van der Waals surface area contributed by atoms with Gasteiger partial charge in [-0.1, -0.05) is 91.0 Å². The molecule has 218 valence electrons. The van der Waals surface area contributed by atoms with Crippen molar-refractivity contribution >= 4 is 22.6 Å². The average Bonchev–Trinajstić information content (AvgIpc) is 2.99. The molecule has 3 unspecified atom stereocenters. The number of carbonyl (C=O) groups excluding carboxylic acids is 2. The number of hydrogen-bond donors (Lipinski definition) is 1. The molecule has 1 fully saturated rings. The number of carbonyl (C=O) groups is 2. The molecule has 4 aromatic rings. The van der Waals surface area contributed by atoms with Gasteiger partial charge in [0, 0.05) is 18.9 Å². The predicted molar refractivity (Wildman–Crippen MR) is 166 cm³/mol. The Morgan fingerprint density at radius 3 is 2.29 bits per heavy atom. The summed E-state index contributed by atoms with van der Waals surface area (Å²) in [4.78, 5) is 27.5. The van der Waals surface area contributed by atoms with Crippen molar-refractivity contribution in [3.63, 3.8) is 0 Å². The van der Waals surface area contributed by atoms with Gasteiger partial charge in [0.15, 0.2) is 5.78 Å². The second kappa shape index (κ2) is 12.9. The first-order valence-corrected chi connectivity index (χ1v) is 14.7. The summed E-state index contributed by atoms with van der Waals surface area (Å²) in [6.45, 7) is 7.08. The summed E-state index contributed by atoms with van der Waals surface area (Å²) in [5.74, 6) is 0.0608. The van der Waals surface area contributed by atoms with Crippen LogP contribution in [0.3, 0.4) is 0 Å². The fraction of sp³-hybridized carbons (Fsp3) is 0.333. The Balaban J connectivity index is 1.31. The summed E-state index contributed by atoms with van der Waals surface area (Å²) in [6, 6.07) is 31.6. The third-order valence-corrected chi connectivity index (χ3v) is 7.78. The van der Waals surface area contributed by atoms with Crippen molar-refractivity contribution in [3.05, 3.63) is 119 Å². The van der Waals surface area contributed by atoms with Crippen LogP contribution in [-0.2, 0) is 27.3 Å². The van der Waals surface area contributed by atoms with E-state index in [0.717, 1.165) is 28.7 Å². The molecular formula is C36H40N2O4. The summed E-state index contributed by atoms with van der Waals surface area (Å²) in [5, 5.41) is 2.36. The van der Waals surface area contributed by atoms with E-state index in [4.69, 9.17) is 15.2 Å². The number of fused-ring (bicyclic) bond motifs is 1. The summed E-state index contributed by atoms with van der Waals surface area (Å²) >= 11 is 0. The smallest absolute Gasteiger partial charge is 0.410 e. The monoisotopic (exact) mass is 564 g/mol. The van der Waals surface area contributed by atoms with Gasteiger partial charge in [0.1, 0.15) is 5.60 Å². The molecule has 0 spiro atoms. The van der Waals surface area contributed by atoms with Gasteiger partial charge in [-0.05, 0) is 66.3 Å². The second-order valence-electron chi connectivity index (χ2n) is 12.1. The van der Waals surface area contributed by atoms with Gasteiger partial charge in [-0.3, -0.25) is 4.79 Å². The number of ketones is 1. The predicted octanol–water partition coefficient (Wildman–Crippen LogP) is 6.96. The standard InChI is InChI=1S/C36H40N2O4/c1-36(2,3)42-35(40)38-20-19-31(33(23-38)41-24-26-13-14-27-11-7-8-12-30(27)21-26)28-15-17-29(18-16-28)34(37)32(39)22-25-9-5-4-6-10-25/h4-18,21,31,33-34H,19-20,22-24,37H2,1-3H3. The summed E-state index contributed by atoms with van der Waals surface area (Å²) in [6.07, 6.45) is 0.493. The Labute approximate surface area is 248 Å². The van der Waals surface area contributed by atoms with E-state index < -0.39 is 11.6 Å². The molecule has 1 aliphatic rings. The molecule has 6 nitrogen and oxygen atoms in total. The number of benzene rings is 4. The molecule has 0 aliphatic carbocycles. The maximum absolute atomic E-state index is 12.9. The Hall–Kier alpha value is -4.00. The van der Waals surface area contributed by atoms with Crippen molar-refractivity contribution in [3.8, 4) is 0 Å². The average molecular weight is 565 g/mol. The molecule has 2 N–H and O–H groups in total. The summed E-state index contributed by atoms with van der Waals surface area (Å²) < 4.78 is 12.2. The fourth-order valence-electron chi connectivity index (χ4n) is 5.53. The minimum Gasteiger partial charge on any atom is -0.444 e. The highest BCUT2D eigenvalue weighted by Crippen LogP contribution is 2.33. The van der Waals surface area contributed by atoms with E-state index in [1.165, 1.54) is 10.8 Å². The number of piperidine rings is 1. The van der Waals surface area contributed by atoms with Crippen LogP contribution in [0.1, 0.15) is 61.4 Å². The van der Waals surface area contributed by atoms with Crippen molar-refractivity contribution in [2.24, 2.45) is 5.73 Å². The Kier molecular flexibility index (Phi) is 9.05. The Morgan fingerprint density at radius 2 is 1.57 bits per heavy atom. The maximum Gasteiger partial charge on any atom is 0.410 e. The molecule has 42 heavy (non-hydrogen) atoms. The lowest BCUT2D eigenvalue weighted by molar-refractivity contribution is -0.119.